The molecule has 0 radical (unpaired) electrons. The number of benzene rings is 2. The number of nitrogens with zero attached hydrogens (tertiary/aromatic N) is 2. The summed E-state index contributed by atoms with van der Waals surface area (Å²) in [5.41, 5.74) is 6.84. The number of rotatable bonds is 1. The lowest BCUT2D eigenvalue weighted by Gasteiger charge is -2.08. The van der Waals surface area contributed by atoms with Crippen molar-refractivity contribution in [2.45, 2.75) is 6.92 Å². The lowest BCUT2D eigenvalue weighted by Crippen LogP contribution is -2.01. The van der Waals surface area contributed by atoms with E-state index in [1.54, 1.807) is 6.92 Å². The Morgan fingerprint density at radius 2 is 1.80 bits per heavy atom. The molecule has 3 aromatic rings. The second kappa shape index (κ2) is 4.26. The van der Waals surface area contributed by atoms with Gasteiger partial charge in [-0.25, -0.2) is 18.2 Å². The molecule has 0 amide bonds. The Bertz CT molecular complexity index is 824. The molecular weight excluding hydrogens is 267 g/mol. The quantitative estimate of drug-likeness (QED) is 0.741. The first kappa shape index (κ1) is 12.5. The fourth-order valence-corrected chi connectivity index (χ4v) is 2.16. The van der Waals surface area contributed by atoms with Gasteiger partial charge in [0.15, 0.2) is 5.82 Å². The van der Waals surface area contributed by atoms with Crippen LogP contribution in [0, 0.1) is 24.4 Å². The number of aryl methyl sites for hydroxylation is 1. The molecule has 0 unspecified atom stereocenters. The molecule has 0 spiro atoms. The van der Waals surface area contributed by atoms with Gasteiger partial charge in [0.05, 0.1) is 5.52 Å². The summed E-state index contributed by atoms with van der Waals surface area (Å²) in [5, 5.41) is 0. The molecule has 0 aliphatic carbocycles. The van der Waals surface area contributed by atoms with Gasteiger partial charge in [-0.2, -0.15) is 0 Å². The van der Waals surface area contributed by atoms with Gasteiger partial charge in [-0.3, -0.25) is 4.57 Å². The summed E-state index contributed by atoms with van der Waals surface area (Å²) in [6.07, 6.45) is 0. The van der Waals surface area contributed by atoms with Crippen molar-refractivity contribution in [3.05, 3.63) is 53.3 Å². The van der Waals surface area contributed by atoms with E-state index in [4.69, 9.17) is 5.73 Å². The van der Waals surface area contributed by atoms with Crippen LogP contribution >= 0.6 is 0 Å². The standard InChI is InChI=1S/C14H10F3N3/c1-7-4-9(2-3-10(7)16)20-12-6-8(15)5-11(17)13(12)19-14(20)18/h2-6H,1H3,(H2,18,19). The molecule has 0 bridgehead atoms. The van der Waals surface area contributed by atoms with E-state index in [2.05, 4.69) is 4.98 Å². The monoisotopic (exact) mass is 277 g/mol. The van der Waals surface area contributed by atoms with Crippen LogP contribution in [0.2, 0.25) is 0 Å². The minimum atomic E-state index is -0.788. The van der Waals surface area contributed by atoms with Gasteiger partial charge in [0.25, 0.3) is 0 Å². The van der Waals surface area contributed by atoms with Gasteiger partial charge < -0.3 is 5.73 Å². The molecule has 0 saturated heterocycles. The molecule has 2 N–H and O–H groups in total. The minimum absolute atomic E-state index is 0.00973. The highest BCUT2D eigenvalue weighted by molar-refractivity contribution is 5.81. The average molecular weight is 277 g/mol. The van der Waals surface area contributed by atoms with Gasteiger partial charge in [-0.1, -0.05) is 0 Å². The van der Waals surface area contributed by atoms with Crippen LogP contribution in [0.1, 0.15) is 5.56 Å². The van der Waals surface area contributed by atoms with E-state index in [-0.39, 0.29) is 22.8 Å². The lowest BCUT2D eigenvalue weighted by atomic mass is 10.2. The Morgan fingerprint density at radius 1 is 1.05 bits per heavy atom. The molecule has 2 aromatic carbocycles. The summed E-state index contributed by atoms with van der Waals surface area (Å²) < 4.78 is 41.7. The molecule has 0 aliphatic rings. The zero-order valence-corrected chi connectivity index (χ0v) is 10.5. The number of imidazole rings is 1. The molecule has 102 valence electrons. The van der Waals surface area contributed by atoms with Gasteiger partial charge >= 0.3 is 0 Å². The zero-order chi connectivity index (χ0) is 14.4. The molecule has 6 heteroatoms. The number of aromatic nitrogens is 2. The summed E-state index contributed by atoms with van der Waals surface area (Å²) >= 11 is 0. The Labute approximate surface area is 112 Å². The molecule has 0 aliphatic heterocycles. The van der Waals surface area contributed by atoms with Crippen LogP contribution in [0.5, 0.6) is 0 Å². The first-order valence-electron chi connectivity index (χ1n) is 5.87. The number of nitrogen functional groups attached to an aromatic ring is 1. The van der Waals surface area contributed by atoms with Crippen LogP contribution in [-0.4, -0.2) is 9.55 Å². The van der Waals surface area contributed by atoms with E-state index < -0.39 is 11.6 Å². The van der Waals surface area contributed by atoms with Crippen molar-refractivity contribution in [3.63, 3.8) is 0 Å². The topological polar surface area (TPSA) is 43.8 Å². The fraction of sp³-hybridized carbons (Fsp3) is 0.0714. The SMILES string of the molecule is Cc1cc(-n2c(N)nc3c(F)cc(F)cc32)ccc1F. The highest BCUT2D eigenvalue weighted by atomic mass is 19.1. The van der Waals surface area contributed by atoms with Crippen molar-refractivity contribution in [3.8, 4) is 5.69 Å². The van der Waals surface area contributed by atoms with E-state index in [9.17, 15) is 13.2 Å². The largest absolute Gasteiger partial charge is 0.369 e. The molecular formula is C14H10F3N3. The third-order valence-electron chi connectivity index (χ3n) is 3.10. The summed E-state index contributed by atoms with van der Waals surface area (Å²) in [6.45, 7) is 1.59. The normalized spacial score (nSPS) is 11.2. The van der Waals surface area contributed by atoms with Crippen LogP contribution in [-0.2, 0) is 0 Å². The minimum Gasteiger partial charge on any atom is -0.369 e. The fourth-order valence-electron chi connectivity index (χ4n) is 2.16. The van der Waals surface area contributed by atoms with Crippen LogP contribution in [0.15, 0.2) is 30.3 Å². The van der Waals surface area contributed by atoms with Gasteiger partial charge in [-0.05, 0) is 30.7 Å². The highest BCUT2D eigenvalue weighted by Crippen LogP contribution is 2.26. The van der Waals surface area contributed by atoms with Gasteiger partial charge in [0.1, 0.15) is 17.2 Å². The van der Waals surface area contributed by atoms with Crippen LogP contribution in [0.3, 0.4) is 0 Å². The number of nitrogens with two attached hydrogens (primary N) is 1. The van der Waals surface area contributed by atoms with Crippen molar-refractivity contribution < 1.29 is 13.2 Å². The van der Waals surface area contributed by atoms with E-state index in [1.165, 1.54) is 22.8 Å². The summed E-state index contributed by atoms with van der Waals surface area (Å²) in [7, 11) is 0. The number of hydrogen-bond acceptors (Lipinski definition) is 2. The zero-order valence-electron chi connectivity index (χ0n) is 10.5. The maximum Gasteiger partial charge on any atom is 0.206 e. The predicted octanol–water partition coefficient (Wildman–Crippen LogP) is 3.33. The second-order valence-electron chi connectivity index (χ2n) is 4.49. The number of anilines is 1. The maximum absolute atomic E-state index is 13.7. The van der Waals surface area contributed by atoms with E-state index in [0.29, 0.717) is 11.3 Å². The molecule has 3 nitrogen and oxygen atoms in total. The first-order valence-corrected chi connectivity index (χ1v) is 5.87. The molecule has 20 heavy (non-hydrogen) atoms. The summed E-state index contributed by atoms with van der Waals surface area (Å²) in [5.74, 6) is -1.87. The van der Waals surface area contributed by atoms with Gasteiger partial charge in [-0.15, -0.1) is 0 Å². The molecule has 1 aromatic heterocycles. The van der Waals surface area contributed by atoms with Crippen LogP contribution in [0.25, 0.3) is 16.7 Å². The lowest BCUT2D eigenvalue weighted by molar-refractivity contribution is 0.590. The first-order chi connectivity index (χ1) is 9.47. The van der Waals surface area contributed by atoms with E-state index in [0.717, 1.165) is 12.1 Å². The average Bonchev–Trinajstić information content (AvgIpc) is 2.70. The van der Waals surface area contributed by atoms with Crippen molar-refractivity contribution >= 4 is 17.0 Å². The number of hydrogen-bond donors (Lipinski definition) is 1. The Hall–Kier alpha value is -2.50. The van der Waals surface area contributed by atoms with Gasteiger partial charge in [0.2, 0.25) is 5.95 Å². The Kier molecular flexibility index (Phi) is 2.67. The van der Waals surface area contributed by atoms with Crippen LogP contribution < -0.4 is 5.73 Å². The Morgan fingerprint density at radius 3 is 2.50 bits per heavy atom. The van der Waals surface area contributed by atoms with Crippen molar-refractivity contribution in [1.29, 1.82) is 0 Å². The summed E-state index contributed by atoms with van der Waals surface area (Å²) in [4.78, 5) is 3.89. The molecule has 1 heterocycles. The molecule has 3 rings (SSSR count). The highest BCUT2D eigenvalue weighted by Gasteiger charge is 2.15. The predicted molar refractivity (Wildman–Crippen MR) is 70.1 cm³/mol. The molecule has 0 saturated carbocycles. The van der Waals surface area contributed by atoms with Crippen molar-refractivity contribution in [2.24, 2.45) is 0 Å². The maximum atomic E-state index is 13.7. The van der Waals surface area contributed by atoms with Crippen molar-refractivity contribution in [1.82, 2.24) is 9.55 Å². The van der Waals surface area contributed by atoms with E-state index in [1.807, 2.05) is 0 Å². The number of halogens is 3. The second-order valence-corrected chi connectivity index (χ2v) is 4.49. The summed E-state index contributed by atoms with van der Waals surface area (Å²) in [6, 6.07) is 6.17. The third kappa shape index (κ3) is 1.80. The Balaban J connectivity index is 2.35. The van der Waals surface area contributed by atoms with Crippen molar-refractivity contribution in [2.75, 3.05) is 5.73 Å². The molecule has 0 atom stereocenters. The smallest absolute Gasteiger partial charge is 0.206 e. The van der Waals surface area contributed by atoms with Crippen LogP contribution in [0.4, 0.5) is 19.1 Å². The number of fused-ring (bicyclic) bond motifs is 1. The molecule has 0 fully saturated rings. The van der Waals surface area contributed by atoms with E-state index >= 15 is 0 Å². The third-order valence-corrected chi connectivity index (χ3v) is 3.10. The van der Waals surface area contributed by atoms with Gasteiger partial charge in [0, 0.05) is 17.8 Å².